The van der Waals surface area contributed by atoms with Crippen molar-refractivity contribution < 1.29 is 14.6 Å². The lowest BCUT2D eigenvalue weighted by Gasteiger charge is -2.20. The van der Waals surface area contributed by atoms with Crippen molar-refractivity contribution >= 4 is 11.7 Å². The second-order valence-electron chi connectivity index (χ2n) is 4.28. The summed E-state index contributed by atoms with van der Waals surface area (Å²) in [6.45, 7) is 1.59. The van der Waals surface area contributed by atoms with E-state index in [1.807, 2.05) is 30.3 Å². The molecule has 0 spiro atoms. The number of nitrogens with zero attached hydrogens (tertiary/aromatic N) is 1. The van der Waals surface area contributed by atoms with Crippen LogP contribution in [0, 0.1) is 5.92 Å². The summed E-state index contributed by atoms with van der Waals surface area (Å²) in [6.07, 6.45) is 0. The highest BCUT2D eigenvalue weighted by atomic mass is 16.5. The fourth-order valence-electron chi connectivity index (χ4n) is 1.72. The minimum absolute atomic E-state index is 0.186. The van der Waals surface area contributed by atoms with Crippen molar-refractivity contribution in [2.24, 2.45) is 16.6 Å². The van der Waals surface area contributed by atoms with E-state index in [-0.39, 0.29) is 13.2 Å². The first-order chi connectivity index (χ1) is 9.10. The van der Waals surface area contributed by atoms with E-state index < -0.39 is 17.9 Å². The molecule has 0 amide bonds. The molecule has 0 aromatic heterocycles. The first kappa shape index (κ1) is 15.3. The number of ether oxygens (including phenoxy) is 1. The van der Waals surface area contributed by atoms with E-state index in [2.05, 4.69) is 4.99 Å². The molecule has 0 aliphatic carbocycles. The van der Waals surface area contributed by atoms with Gasteiger partial charge in [-0.2, -0.15) is 0 Å². The van der Waals surface area contributed by atoms with Gasteiger partial charge in [0.25, 0.3) is 0 Å². The van der Waals surface area contributed by atoms with Gasteiger partial charge in [0.15, 0.2) is 0 Å². The molecule has 2 atom stereocenters. The first-order valence-electron chi connectivity index (χ1n) is 6.10. The number of carbonyl (C=O) groups excluding carboxylic acids is 1. The van der Waals surface area contributed by atoms with Crippen LogP contribution in [0.3, 0.4) is 0 Å². The Hall–Kier alpha value is -1.72. The number of esters is 1. The van der Waals surface area contributed by atoms with Crippen LogP contribution in [0.25, 0.3) is 0 Å². The highest BCUT2D eigenvalue weighted by molar-refractivity contribution is 6.01. The van der Waals surface area contributed by atoms with E-state index in [9.17, 15) is 4.79 Å². The third-order valence-electron chi connectivity index (χ3n) is 2.92. The van der Waals surface area contributed by atoms with Crippen molar-refractivity contribution in [3.63, 3.8) is 0 Å². The van der Waals surface area contributed by atoms with E-state index in [0.717, 1.165) is 5.56 Å². The molecule has 0 bridgehead atoms. The molecule has 104 valence electrons. The first-order valence-corrected chi connectivity index (χ1v) is 6.10. The van der Waals surface area contributed by atoms with Crippen LogP contribution < -0.4 is 5.73 Å². The normalized spacial score (nSPS) is 14.8. The van der Waals surface area contributed by atoms with Crippen LogP contribution in [-0.2, 0) is 16.1 Å². The topological polar surface area (TPSA) is 84.9 Å². The summed E-state index contributed by atoms with van der Waals surface area (Å²) in [6, 6.07) is 8.68. The summed E-state index contributed by atoms with van der Waals surface area (Å²) in [7, 11) is 1.58. The molecule has 1 rings (SSSR count). The summed E-state index contributed by atoms with van der Waals surface area (Å²) in [5.41, 5.74) is 7.19. The number of nitrogens with two attached hydrogens (primary N) is 1. The number of hydrogen-bond donors (Lipinski definition) is 2. The lowest BCUT2D eigenvalue weighted by molar-refractivity contribution is -0.148. The Balaban J connectivity index is 2.68. The van der Waals surface area contributed by atoms with Crippen LogP contribution in [0.5, 0.6) is 0 Å². The fraction of sp³-hybridized carbons (Fsp3) is 0.429. The summed E-state index contributed by atoms with van der Waals surface area (Å²) < 4.78 is 5.23. The van der Waals surface area contributed by atoms with E-state index in [4.69, 9.17) is 15.6 Å². The lowest BCUT2D eigenvalue weighted by atomic mass is 9.96. The van der Waals surface area contributed by atoms with Crippen LogP contribution in [0.15, 0.2) is 35.3 Å². The summed E-state index contributed by atoms with van der Waals surface area (Å²) in [5.74, 6) is -1.17. The highest BCUT2D eigenvalue weighted by Crippen LogP contribution is 2.10. The van der Waals surface area contributed by atoms with Gasteiger partial charge in [-0.25, -0.2) is 0 Å². The van der Waals surface area contributed by atoms with Gasteiger partial charge in [0.1, 0.15) is 12.5 Å². The van der Waals surface area contributed by atoms with Gasteiger partial charge in [-0.15, -0.1) is 0 Å². The van der Waals surface area contributed by atoms with Crippen molar-refractivity contribution in [3.05, 3.63) is 35.9 Å². The van der Waals surface area contributed by atoms with Crippen LogP contribution in [0.2, 0.25) is 0 Å². The quantitative estimate of drug-likeness (QED) is 0.586. The number of aliphatic hydroxyl groups excluding tert-OH is 1. The van der Waals surface area contributed by atoms with Gasteiger partial charge >= 0.3 is 5.97 Å². The van der Waals surface area contributed by atoms with Gasteiger partial charge in [-0.1, -0.05) is 30.3 Å². The lowest BCUT2D eigenvalue weighted by Crippen LogP contribution is -2.43. The summed E-state index contributed by atoms with van der Waals surface area (Å²) in [5, 5.41) is 9.10. The molecule has 1 aromatic carbocycles. The number of benzene rings is 1. The van der Waals surface area contributed by atoms with Crippen molar-refractivity contribution in [1.29, 1.82) is 0 Å². The Kier molecular flexibility index (Phi) is 6.18. The molecule has 5 nitrogen and oxygen atoms in total. The predicted molar refractivity (Wildman–Crippen MR) is 73.8 cm³/mol. The molecule has 0 saturated heterocycles. The Morgan fingerprint density at radius 2 is 2.05 bits per heavy atom. The standard InChI is InChI=1S/C14H20N2O3/c1-10(16-2)13(12(15)8-17)14(18)19-9-11-6-4-3-5-7-11/h3-7,12-13,17H,8-9,15H2,1-2H3. The van der Waals surface area contributed by atoms with Crippen LogP contribution in [0.1, 0.15) is 12.5 Å². The molecular weight excluding hydrogens is 244 g/mol. The van der Waals surface area contributed by atoms with E-state index in [1.165, 1.54) is 0 Å². The number of aliphatic imine (C=N–C) groups is 1. The molecule has 5 heteroatoms. The van der Waals surface area contributed by atoms with Crippen molar-refractivity contribution in [2.45, 2.75) is 19.6 Å². The molecule has 1 aromatic rings. The molecule has 2 unspecified atom stereocenters. The van der Waals surface area contributed by atoms with E-state index in [1.54, 1.807) is 14.0 Å². The van der Waals surface area contributed by atoms with Gasteiger partial charge in [0.2, 0.25) is 0 Å². The molecule has 0 saturated carbocycles. The van der Waals surface area contributed by atoms with Gasteiger partial charge in [-0.05, 0) is 12.5 Å². The van der Waals surface area contributed by atoms with Gasteiger partial charge < -0.3 is 15.6 Å². The fourth-order valence-corrected chi connectivity index (χ4v) is 1.72. The Morgan fingerprint density at radius 3 is 2.58 bits per heavy atom. The van der Waals surface area contributed by atoms with Crippen molar-refractivity contribution in [1.82, 2.24) is 0 Å². The largest absolute Gasteiger partial charge is 0.460 e. The molecule has 3 N–H and O–H groups in total. The van der Waals surface area contributed by atoms with Gasteiger partial charge in [-0.3, -0.25) is 9.79 Å². The molecule has 0 heterocycles. The minimum Gasteiger partial charge on any atom is -0.460 e. The monoisotopic (exact) mass is 264 g/mol. The summed E-state index contributed by atoms with van der Waals surface area (Å²) >= 11 is 0. The van der Waals surface area contributed by atoms with Crippen LogP contribution >= 0.6 is 0 Å². The summed E-state index contributed by atoms with van der Waals surface area (Å²) in [4.78, 5) is 16.0. The third kappa shape index (κ3) is 4.46. The molecule has 0 radical (unpaired) electrons. The Morgan fingerprint density at radius 1 is 1.42 bits per heavy atom. The van der Waals surface area contributed by atoms with Crippen LogP contribution in [-0.4, -0.2) is 36.5 Å². The van der Waals surface area contributed by atoms with Gasteiger partial charge in [0, 0.05) is 18.8 Å². The number of rotatable bonds is 6. The molecular formula is C14H20N2O3. The Bertz CT molecular complexity index is 432. The van der Waals surface area contributed by atoms with Crippen molar-refractivity contribution in [3.8, 4) is 0 Å². The van der Waals surface area contributed by atoms with Gasteiger partial charge in [0.05, 0.1) is 6.61 Å². The molecule has 0 aliphatic rings. The highest BCUT2D eigenvalue weighted by Gasteiger charge is 2.29. The van der Waals surface area contributed by atoms with Crippen LogP contribution in [0.4, 0.5) is 0 Å². The zero-order chi connectivity index (χ0) is 14.3. The number of aliphatic hydroxyl groups is 1. The predicted octanol–water partition coefficient (Wildman–Crippen LogP) is 0.756. The van der Waals surface area contributed by atoms with Crippen molar-refractivity contribution in [2.75, 3.05) is 13.7 Å². The smallest absolute Gasteiger partial charge is 0.316 e. The minimum atomic E-state index is -0.710. The average molecular weight is 264 g/mol. The maximum Gasteiger partial charge on any atom is 0.316 e. The zero-order valence-electron chi connectivity index (χ0n) is 11.2. The number of hydrogen-bond acceptors (Lipinski definition) is 5. The zero-order valence-corrected chi connectivity index (χ0v) is 11.2. The maximum absolute atomic E-state index is 12.0. The third-order valence-corrected chi connectivity index (χ3v) is 2.92. The average Bonchev–Trinajstić information content (AvgIpc) is 2.45. The number of carbonyl (C=O) groups is 1. The molecule has 0 aliphatic heterocycles. The SMILES string of the molecule is CN=C(C)C(C(=O)OCc1ccccc1)C(N)CO. The maximum atomic E-state index is 12.0. The molecule has 0 fully saturated rings. The second kappa shape index (κ2) is 7.66. The van der Waals surface area contributed by atoms with E-state index >= 15 is 0 Å². The van der Waals surface area contributed by atoms with E-state index in [0.29, 0.717) is 5.71 Å². The second-order valence-corrected chi connectivity index (χ2v) is 4.28. The Labute approximate surface area is 113 Å². The molecule has 19 heavy (non-hydrogen) atoms.